The Balaban J connectivity index is 1.71. The van der Waals surface area contributed by atoms with E-state index in [1.54, 1.807) is 0 Å². The van der Waals surface area contributed by atoms with E-state index < -0.39 is 0 Å². The van der Waals surface area contributed by atoms with Crippen molar-refractivity contribution in [3.8, 4) is 11.5 Å². The molecule has 3 rings (SSSR count). The Labute approximate surface area is 113 Å². The Bertz CT molecular complexity index is 595. The van der Waals surface area contributed by atoms with Crippen LogP contribution in [-0.4, -0.2) is 6.61 Å². The van der Waals surface area contributed by atoms with Gasteiger partial charge in [0.15, 0.2) is 0 Å². The fraction of sp³-hybridized carbons (Fsp3) is 0.250. The average molecular weight is 255 g/mol. The number of nitrogens with two attached hydrogens (primary N) is 1. The normalized spacial score (nSPS) is 16.8. The Kier molecular flexibility index (Phi) is 3.13. The van der Waals surface area contributed by atoms with Crippen molar-refractivity contribution >= 4 is 0 Å². The number of ether oxygens (including phenoxy) is 2. The van der Waals surface area contributed by atoms with E-state index in [0.29, 0.717) is 13.2 Å². The summed E-state index contributed by atoms with van der Waals surface area (Å²) in [4.78, 5) is 0. The number of benzene rings is 2. The van der Waals surface area contributed by atoms with Crippen LogP contribution in [0.15, 0.2) is 42.5 Å². The molecule has 1 heterocycles. The Morgan fingerprint density at radius 1 is 1.26 bits per heavy atom. The van der Waals surface area contributed by atoms with E-state index in [4.69, 9.17) is 15.2 Å². The van der Waals surface area contributed by atoms with E-state index in [0.717, 1.165) is 22.6 Å². The minimum absolute atomic E-state index is 0.0131. The molecule has 0 bridgehead atoms. The van der Waals surface area contributed by atoms with Crippen LogP contribution in [0.4, 0.5) is 0 Å². The number of fused-ring (bicyclic) bond motifs is 1. The summed E-state index contributed by atoms with van der Waals surface area (Å²) in [5, 5.41) is 0. The van der Waals surface area contributed by atoms with Gasteiger partial charge in [0.1, 0.15) is 24.7 Å². The van der Waals surface area contributed by atoms with Crippen molar-refractivity contribution in [1.29, 1.82) is 0 Å². The third-order valence-electron chi connectivity index (χ3n) is 3.29. The summed E-state index contributed by atoms with van der Waals surface area (Å²) < 4.78 is 11.3. The lowest BCUT2D eigenvalue weighted by Crippen LogP contribution is -2.10. The molecule has 1 aliphatic heterocycles. The number of hydrogen-bond donors (Lipinski definition) is 1. The molecular weight excluding hydrogens is 238 g/mol. The van der Waals surface area contributed by atoms with Crippen molar-refractivity contribution in [2.45, 2.75) is 19.6 Å². The molecule has 0 saturated carbocycles. The summed E-state index contributed by atoms with van der Waals surface area (Å²) in [6, 6.07) is 14.1. The standard InChI is InChI=1S/C16H17NO2/c1-11-3-2-4-12(7-11)9-18-13-5-6-14-15(17)10-19-16(14)8-13/h2-8,15H,9-10,17H2,1H3. The number of aryl methyl sites for hydroxylation is 1. The topological polar surface area (TPSA) is 44.5 Å². The first-order valence-electron chi connectivity index (χ1n) is 6.43. The molecular formula is C16H17NO2. The Morgan fingerprint density at radius 2 is 2.16 bits per heavy atom. The van der Waals surface area contributed by atoms with Crippen molar-refractivity contribution in [3.63, 3.8) is 0 Å². The van der Waals surface area contributed by atoms with Gasteiger partial charge in [0.05, 0.1) is 6.04 Å². The summed E-state index contributed by atoms with van der Waals surface area (Å²) in [7, 11) is 0. The van der Waals surface area contributed by atoms with Crippen LogP contribution < -0.4 is 15.2 Å². The monoisotopic (exact) mass is 255 g/mol. The van der Waals surface area contributed by atoms with E-state index in [9.17, 15) is 0 Å². The maximum atomic E-state index is 5.91. The van der Waals surface area contributed by atoms with Gasteiger partial charge in [0, 0.05) is 11.6 Å². The van der Waals surface area contributed by atoms with Gasteiger partial charge in [-0.05, 0) is 24.6 Å². The van der Waals surface area contributed by atoms with Crippen LogP contribution in [-0.2, 0) is 6.61 Å². The maximum absolute atomic E-state index is 5.91. The number of rotatable bonds is 3. The first-order chi connectivity index (χ1) is 9.22. The molecule has 0 radical (unpaired) electrons. The maximum Gasteiger partial charge on any atom is 0.127 e. The first-order valence-corrected chi connectivity index (χ1v) is 6.43. The van der Waals surface area contributed by atoms with Crippen molar-refractivity contribution < 1.29 is 9.47 Å². The van der Waals surface area contributed by atoms with Gasteiger partial charge in [-0.3, -0.25) is 0 Å². The fourth-order valence-corrected chi connectivity index (χ4v) is 2.27. The van der Waals surface area contributed by atoms with Crippen LogP contribution in [0.2, 0.25) is 0 Å². The molecule has 3 heteroatoms. The lowest BCUT2D eigenvalue weighted by molar-refractivity contribution is 0.301. The van der Waals surface area contributed by atoms with Crippen molar-refractivity contribution in [2.75, 3.05) is 6.61 Å². The van der Waals surface area contributed by atoms with Gasteiger partial charge in [-0.15, -0.1) is 0 Å². The SMILES string of the molecule is Cc1cccc(COc2ccc3c(c2)OCC3N)c1. The zero-order chi connectivity index (χ0) is 13.2. The van der Waals surface area contributed by atoms with Gasteiger partial charge in [-0.2, -0.15) is 0 Å². The van der Waals surface area contributed by atoms with E-state index in [1.165, 1.54) is 5.56 Å². The second-order valence-electron chi connectivity index (χ2n) is 4.89. The minimum Gasteiger partial charge on any atom is -0.491 e. The van der Waals surface area contributed by atoms with Crippen LogP contribution in [0.25, 0.3) is 0 Å². The molecule has 0 fully saturated rings. The highest BCUT2D eigenvalue weighted by Crippen LogP contribution is 2.34. The molecule has 0 aliphatic carbocycles. The third kappa shape index (κ3) is 2.56. The molecule has 0 spiro atoms. The van der Waals surface area contributed by atoms with Gasteiger partial charge in [-0.25, -0.2) is 0 Å². The van der Waals surface area contributed by atoms with Crippen LogP contribution in [0.1, 0.15) is 22.7 Å². The molecule has 98 valence electrons. The second kappa shape index (κ2) is 4.94. The summed E-state index contributed by atoms with van der Waals surface area (Å²) in [5.74, 6) is 1.66. The van der Waals surface area contributed by atoms with E-state index in [2.05, 4.69) is 25.1 Å². The predicted octanol–water partition coefficient (Wildman–Crippen LogP) is 2.97. The first kappa shape index (κ1) is 12.1. The molecule has 1 unspecified atom stereocenters. The molecule has 0 saturated heterocycles. The fourth-order valence-electron chi connectivity index (χ4n) is 2.27. The van der Waals surface area contributed by atoms with Gasteiger partial charge >= 0.3 is 0 Å². The van der Waals surface area contributed by atoms with Crippen molar-refractivity contribution in [3.05, 3.63) is 59.2 Å². The van der Waals surface area contributed by atoms with Gasteiger partial charge < -0.3 is 15.2 Å². The quantitative estimate of drug-likeness (QED) is 0.917. The molecule has 19 heavy (non-hydrogen) atoms. The van der Waals surface area contributed by atoms with Gasteiger partial charge in [0.2, 0.25) is 0 Å². The largest absolute Gasteiger partial charge is 0.491 e. The van der Waals surface area contributed by atoms with Crippen molar-refractivity contribution in [1.82, 2.24) is 0 Å². The zero-order valence-electron chi connectivity index (χ0n) is 10.9. The molecule has 1 atom stereocenters. The lowest BCUT2D eigenvalue weighted by atomic mass is 10.1. The highest BCUT2D eigenvalue weighted by molar-refractivity contribution is 5.44. The zero-order valence-corrected chi connectivity index (χ0v) is 10.9. The molecule has 2 aromatic rings. The van der Waals surface area contributed by atoms with Crippen LogP contribution in [0.5, 0.6) is 11.5 Å². The van der Waals surface area contributed by atoms with Gasteiger partial charge in [0.25, 0.3) is 0 Å². The van der Waals surface area contributed by atoms with Gasteiger partial charge in [-0.1, -0.05) is 29.8 Å². The van der Waals surface area contributed by atoms with E-state index in [-0.39, 0.29) is 6.04 Å². The smallest absolute Gasteiger partial charge is 0.127 e. The summed E-state index contributed by atoms with van der Waals surface area (Å²) >= 11 is 0. The molecule has 2 N–H and O–H groups in total. The van der Waals surface area contributed by atoms with Crippen molar-refractivity contribution in [2.24, 2.45) is 5.73 Å². The predicted molar refractivity (Wildman–Crippen MR) is 74.4 cm³/mol. The minimum atomic E-state index is -0.0131. The molecule has 1 aliphatic rings. The average Bonchev–Trinajstić information content (AvgIpc) is 2.78. The molecule has 2 aromatic carbocycles. The summed E-state index contributed by atoms with van der Waals surface area (Å²) in [6.45, 7) is 3.19. The van der Waals surface area contributed by atoms with E-state index in [1.807, 2.05) is 24.3 Å². The van der Waals surface area contributed by atoms with E-state index >= 15 is 0 Å². The number of hydrogen-bond acceptors (Lipinski definition) is 3. The highest BCUT2D eigenvalue weighted by atomic mass is 16.5. The Hall–Kier alpha value is -2.00. The third-order valence-corrected chi connectivity index (χ3v) is 3.29. The Morgan fingerprint density at radius 3 is 3.00 bits per heavy atom. The lowest BCUT2D eigenvalue weighted by Gasteiger charge is -2.08. The molecule has 0 amide bonds. The van der Waals surface area contributed by atoms with Crippen LogP contribution >= 0.6 is 0 Å². The molecule has 3 nitrogen and oxygen atoms in total. The second-order valence-corrected chi connectivity index (χ2v) is 4.89. The molecule has 0 aromatic heterocycles. The highest BCUT2D eigenvalue weighted by Gasteiger charge is 2.20. The van der Waals surface area contributed by atoms with Crippen LogP contribution in [0.3, 0.4) is 0 Å². The van der Waals surface area contributed by atoms with Crippen LogP contribution in [0, 0.1) is 6.92 Å². The summed E-state index contributed by atoms with van der Waals surface area (Å²) in [6.07, 6.45) is 0. The summed E-state index contributed by atoms with van der Waals surface area (Å²) in [5.41, 5.74) is 9.38.